The number of aliphatic hydroxyl groups excluding tert-OH is 10. The Morgan fingerprint density at radius 3 is 1.82 bits per heavy atom. The Bertz CT molecular complexity index is 582. The molecule has 202 valence electrons. The fraction of sp³-hybridized carbons (Fsp3) is 1.00. The molecular formula is C19H36O15. The van der Waals surface area contributed by atoms with Crippen LogP contribution < -0.4 is 0 Å². The molecule has 10 N–H and O–H groups in total. The third-order valence-corrected chi connectivity index (χ3v) is 5.98. The van der Waals surface area contributed by atoms with Crippen LogP contribution in [0.4, 0.5) is 0 Å². The summed E-state index contributed by atoms with van der Waals surface area (Å²) in [6.07, 6.45) is -17.4. The number of ether oxygens (including phenoxy) is 5. The van der Waals surface area contributed by atoms with E-state index >= 15 is 0 Å². The minimum absolute atomic E-state index is 0.0966. The predicted molar refractivity (Wildman–Crippen MR) is 107 cm³/mol. The molecule has 0 aromatic carbocycles. The van der Waals surface area contributed by atoms with Crippen LogP contribution in [-0.4, -0.2) is 164 Å². The minimum atomic E-state index is -1.71. The van der Waals surface area contributed by atoms with Crippen molar-refractivity contribution in [3.05, 3.63) is 0 Å². The van der Waals surface area contributed by atoms with Crippen LogP contribution in [-0.2, 0) is 23.7 Å². The molecule has 0 aromatic rings. The number of methoxy groups -OCH3 is 1. The zero-order valence-corrected chi connectivity index (χ0v) is 18.7. The molecule has 0 spiro atoms. The predicted octanol–water partition coefficient (Wildman–Crippen LogP) is -6.26. The smallest absolute Gasteiger partial charge is 0.187 e. The molecule has 3 saturated heterocycles. The highest BCUT2D eigenvalue weighted by Gasteiger charge is 2.50. The molecule has 14 atom stereocenters. The average molecular weight is 504 g/mol. The van der Waals surface area contributed by atoms with Gasteiger partial charge in [-0.05, 0) is 6.92 Å². The van der Waals surface area contributed by atoms with E-state index in [0.717, 1.165) is 0 Å². The lowest BCUT2D eigenvalue weighted by Crippen LogP contribution is -2.64. The second kappa shape index (κ2) is 13.1. The molecule has 34 heavy (non-hydrogen) atoms. The Morgan fingerprint density at radius 1 is 0.706 bits per heavy atom. The molecule has 0 saturated carbocycles. The highest BCUT2D eigenvalue weighted by atomic mass is 16.7. The molecule has 3 rings (SSSR count). The highest BCUT2D eigenvalue weighted by Crippen LogP contribution is 2.29. The van der Waals surface area contributed by atoms with Gasteiger partial charge in [-0.1, -0.05) is 0 Å². The van der Waals surface area contributed by atoms with Crippen LogP contribution in [0.15, 0.2) is 0 Å². The first-order valence-electron chi connectivity index (χ1n) is 10.7. The van der Waals surface area contributed by atoms with Gasteiger partial charge in [0.15, 0.2) is 12.6 Å². The maximum atomic E-state index is 10.1. The van der Waals surface area contributed by atoms with Crippen LogP contribution in [0.5, 0.6) is 0 Å². The van der Waals surface area contributed by atoms with E-state index in [9.17, 15) is 35.7 Å². The van der Waals surface area contributed by atoms with E-state index in [4.69, 9.17) is 39.0 Å². The summed E-state index contributed by atoms with van der Waals surface area (Å²) >= 11 is 0. The van der Waals surface area contributed by atoms with E-state index in [2.05, 4.69) is 0 Å². The molecule has 0 aromatic heterocycles. The fourth-order valence-electron chi connectivity index (χ4n) is 3.76. The van der Waals surface area contributed by atoms with Crippen LogP contribution in [0.2, 0.25) is 0 Å². The molecule has 3 aliphatic rings. The van der Waals surface area contributed by atoms with Gasteiger partial charge in [0.1, 0.15) is 67.1 Å². The number of hydrogen-bond donors (Lipinski definition) is 10. The zero-order valence-electron chi connectivity index (χ0n) is 18.7. The van der Waals surface area contributed by atoms with Gasteiger partial charge in [0.25, 0.3) is 0 Å². The molecule has 14 unspecified atom stereocenters. The molecule has 15 nitrogen and oxygen atoms in total. The van der Waals surface area contributed by atoms with Gasteiger partial charge in [0.2, 0.25) is 0 Å². The fourth-order valence-corrected chi connectivity index (χ4v) is 3.76. The maximum absolute atomic E-state index is 10.1. The molecule has 0 radical (unpaired) electrons. The van der Waals surface area contributed by atoms with Crippen molar-refractivity contribution in [1.82, 2.24) is 0 Å². The van der Waals surface area contributed by atoms with Crippen molar-refractivity contribution >= 4 is 0 Å². The van der Waals surface area contributed by atoms with Crippen LogP contribution in [0.1, 0.15) is 6.92 Å². The van der Waals surface area contributed by atoms with E-state index < -0.39 is 99.0 Å². The summed E-state index contributed by atoms with van der Waals surface area (Å²) in [5, 5.41) is 94.7. The van der Waals surface area contributed by atoms with Crippen molar-refractivity contribution in [3.63, 3.8) is 0 Å². The van der Waals surface area contributed by atoms with E-state index in [1.165, 1.54) is 7.11 Å². The van der Waals surface area contributed by atoms with Gasteiger partial charge in [0.05, 0.1) is 25.9 Å². The van der Waals surface area contributed by atoms with Gasteiger partial charge in [-0.25, -0.2) is 0 Å². The number of aliphatic hydroxyl groups is 10. The van der Waals surface area contributed by atoms with Crippen molar-refractivity contribution in [3.8, 4) is 0 Å². The van der Waals surface area contributed by atoms with Gasteiger partial charge in [-0.15, -0.1) is 0 Å². The summed E-state index contributed by atoms with van der Waals surface area (Å²) in [5.41, 5.74) is 0. The maximum Gasteiger partial charge on any atom is 0.187 e. The van der Waals surface area contributed by atoms with E-state index in [0.29, 0.717) is 0 Å². The van der Waals surface area contributed by atoms with Crippen molar-refractivity contribution in [2.75, 3.05) is 26.9 Å². The van der Waals surface area contributed by atoms with Crippen LogP contribution in [0.25, 0.3) is 0 Å². The lowest BCUT2D eigenvalue weighted by molar-refractivity contribution is -0.357. The third kappa shape index (κ3) is 6.58. The average Bonchev–Trinajstić information content (AvgIpc) is 2.83. The van der Waals surface area contributed by atoms with Crippen molar-refractivity contribution in [1.29, 1.82) is 0 Å². The van der Waals surface area contributed by atoms with E-state index in [1.807, 2.05) is 0 Å². The SMILES string of the molecule is CC1OCC(O)C(O)C1O.COC1C(OC2C(CO)OC(O)C(O)C2O)OC(CO)C(O)C1O. The summed E-state index contributed by atoms with van der Waals surface area (Å²) in [6, 6.07) is 0. The topological polar surface area (TPSA) is 248 Å². The summed E-state index contributed by atoms with van der Waals surface area (Å²) < 4.78 is 25.7. The first-order chi connectivity index (χ1) is 16.0. The van der Waals surface area contributed by atoms with Crippen LogP contribution in [0.3, 0.4) is 0 Å². The molecule has 3 aliphatic heterocycles. The minimum Gasteiger partial charge on any atom is -0.394 e. The third-order valence-electron chi connectivity index (χ3n) is 5.98. The largest absolute Gasteiger partial charge is 0.394 e. The van der Waals surface area contributed by atoms with Gasteiger partial charge in [0, 0.05) is 7.11 Å². The Hall–Kier alpha value is -0.600. The van der Waals surface area contributed by atoms with Gasteiger partial charge < -0.3 is 74.7 Å². The van der Waals surface area contributed by atoms with E-state index in [1.54, 1.807) is 6.92 Å². The Balaban J connectivity index is 0.000000340. The Labute approximate surface area is 195 Å². The molecule has 0 aliphatic carbocycles. The summed E-state index contributed by atoms with van der Waals surface area (Å²) in [4.78, 5) is 0. The Kier molecular flexibility index (Phi) is 11.4. The summed E-state index contributed by atoms with van der Waals surface area (Å²) in [7, 11) is 1.23. The molecule has 15 heteroatoms. The summed E-state index contributed by atoms with van der Waals surface area (Å²) in [5.74, 6) is 0. The summed E-state index contributed by atoms with van der Waals surface area (Å²) in [6.45, 7) is 0.507. The van der Waals surface area contributed by atoms with Crippen molar-refractivity contribution in [2.24, 2.45) is 0 Å². The second-order valence-electron chi connectivity index (χ2n) is 8.32. The monoisotopic (exact) mass is 504 g/mol. The normalized spacial score (nSPS) is 49.8. The van der Waals surface area contributed by atoms with Gasteiger partial charge in [-0.3, -0.25) is 0 Å². The highest BCUT2D eigenvalue weighted by molar-refractivity contribution is 4.94. The molecular weight excluding hydrogens is 468 g/mol. The van der Waals surface area contributed by atoms with Crippen molar-refractivity contribution < 1.29 is 74.7 Å². The second-order valence-corrected chi connectivity index (χ2v) is 8.32. The standard InChI is InChI=1S/C13H24O11.C6H12O4/c1-21-11-7(17)6(16)4(2-14)23-13(11)24-10-5(3-15)22-12(20)9(19)8(10)18;1-3-5(8)6(9)4(7)2-10-3/h4-20H,2-3H2,1H3;3-9H,2H2,1H3. The van der Waals surface area contributed by atoms with Gasteiger partial charge >= 0.3 is 0 Å². The molecule has 0 amide bonds. The molecule has 3 fully saturated rings. The van der Waals surface area contributed by atoms with Gasteiger partial charge in [-0.2, -0.15) is 0 Å². The quantitative estimate of drug-likeness (QED) is 0.167. The number of rotatable bonds is 5. The zero-order chi connectivity index (χ0) is 25.7. The first kappa shape index (κ1) is 29.6. The molecule has 3 heterocycles. The van der Waals surface area contributed by atoms with Crippen molar-refractivity contribution in [2.45, 2.75) is 92.8 Å². The van der Waals surface area contributed by atoms with Crippen LogP contribution in [0, 0.1) is 0 Å². The lowest BCUT2D eigenvalue weighted by Gasteiger charge is -2.46. The lowest BCUT2D eigenvalue weighted by atomic mass is 9.97. The number of hydrogen-bond acceptors (Lipinski definition) is 15. The molecule has 0 bridgehead atoms. The van der Waals surface area contributed by atoms with E-state index in [-0.39, 0.29) is 6.61 Å². The van der Waals surface area contributed by atoms with Crippen LogP contribution >= 0.6 is 0 Å². The Morgan fingerprint density at radius 2 is 1.29 bits per heavy atom. The first-order valence-corrected chi connectivity index (χ1v) is 10.7.